The Hall–Kier alpha value is -1.06. The van der Waals surface area contributed by atoms with E-state index >= 15 is 0 Å². The van der Waals surface area contributed by atoms with Crippen LogP contribution < -0.4 is 5.73 Å². The number of nitrogens with zero attached hydrogens (tertiary/aromatic N) is 2. The summed E-state index contributed by atoms with van der Waals surface area (Å²) in [4.78, 5) is 4.73. The predicted molar refractivity (Wildman–Crippen MR) is 86.0 cm³/mol. The zero-order valence-electron chi connectivity index (χ0n) is 12.6. The largest absolute Gasteiger partial charge is 0.327 e. The molecule has 20 heavy (non-hydrogen) atoms. The summed E-state index contributed by atoms with van der Waals surface area (Å²) in [5.41, 5.74) is 8.44. The van der Waals surface area contributed by atoms with Crippen molar-refractivity contribution in [1.29, 1.82) is 0 Å². The van der Waals surface area contributed by atoms with Crippen LogP contribution >= 0.6 is 11.6 Å². The Morgan fingerprint density at radius 1 is 1.35 bits per heavy atom. The second-order valence-corrected chi connectivity index (χ2v) is 6.28. The molecule has 0 aliphatic heterocycles. The lowest BCUT2D eigenvalue weighted by Gasteiger charge is -2.16. The Bertz CT molecular complexity index is 574. The van der Waals surface area contributed by atoms with Crippen LogP contribution in [-0.2, 0) is 6.54 Å². The van der Waals surface area contributed by atoms with Gasteiger partial charge in [0.25, 0.3) is 0 Å². The molecule has 1 aromatic heterocycles. The van der Waals surface area contributed by atoms with E-state index in [1.165, 1.54) is 0 Å². The zero-order chi connectivity index (χ0) is 14.7. The van der Waals surface area contributed by atoms with Gasteiger partial charge in [-0.1, -0.05) is 38.8 Å². The molecule has 2 N–H and O–H groups in total. The lowest BCUT2D eigenvalue weighted by Crippen LogP contribution is -2.18. The van der Waals surface area contributed by atoms with E-state index in [2.05, 4.69) is 25.3 Å². The van der Waals surface area contributed by atoms with E-state index in [1.54, 1.807) is 0 Å². The number of halogens is 1. The number of aryl methyl sites for hydroxylation is 1. The Morgan fingerprint density at radius 3 is 2.75 bits per heavy atom. The molecule has 0 saturated carbocycles. The van der Waals surface area contributed by atoms with Gasteiger partial charge in [-0.15, -0.1) is 0 Å². The Kier molecular flexibility index (Phi) is 5.06. The van der Waals surface area contributed by atoms with Gasteiger partial charge in [0.1, 0.15) is 5.82 Å². The van der Waals surface area contributed by atoms with Gasteiger partial charge in [0, 0.05) is 11.6 Å². The number of nitrogens with two attached hydrogens (primary N) is 1. The molecule has 0 aliphatic rings. The number of benzene rings is 1. The summed E-state index contributed by atoms with van der Waals surface area (Å²) in [5.74, 6) is 1.55. The first kappa shape index (κ1) is 15.3. The van der Waals surface area contributed by atoms with Gasteiger partial charge in [0.15, 0.2) is 0 Å². The minimum absolute atomic E-state index is 0.0157. The average Bonchev–Trinajstić information content (AvgIpc) is 2.73. The number of rotatable bonds is 6. The Labute approximate surface area is 126 Å². The Balaban J connectivity index is 2.44. The maximum Gasteiger partial charge on any atom is 0.126 e. The van der Waals surface area contributed by atoms with E-state index in [1.807, 2.05) is 18.2 Å². The molecule has 1 heterocycles. The molecule has 0 bridgehead atoms. The molecule has 0 radical (unpaired) electrons. The first-order chi connectivity index (χ1) is 9.52. The van der Waals surface area contributed by atoms with Crippen LogP contribution in [0.5, 0.6) is 0 Å². The van der Waals surface area contributed by atoms with Crippen molar-refractivity contribution >= 4 is 22.6 Å². The SMILES string of the molecule is CCCCn1c(C(N)CC(C)C)nc2cc(Cl)ccc21. The standard InChI is InChI=1S/C16H24ClN3/c1-4-5-8-20-15-7-6-12(17)10-14(15)19-16(20)13(18)9-11(2)3/h6-7,10-11,13H,4-5,8-9,18H2,1-3H3. The van der Waals surface area contributed by atoms with Gasteiger partial charge in [0.05, 0.1) is 17.1 Å². The zero-order valence-corrected chi connectivity index (χ0v) is 13.3. The third-order valence-electron chi connectivity index (χ3n) is 3.53. The molecule has 2 rings (SSSR count). The molecule has 1 atom stereocenters. The molecule has 0 aliphatic carbocycles. The second kappa shape index (κ2) is 6.59. The number of fused-ring (bicyclic) bond motifs is 1. The fourth-order valence-corrected chi connectivity index (χ4v) is 2.74. The highest BCUT2D eigenvalue weighted by Crippen LogP contribution is 2.26. The van der Waals surface area contributed by atoms with Crippen molar-refractivity contribution < 1.29 is 0 Å². The summed E-state index contributed by atoms with van der Waals surface area (Å²) in [6.07, 6.45) is 3.24. The predicted octanol–water partition coefficient (Wildman–Crippen LogP) is 4.54. The van der Waals surface area contributed by atoms with Crippen molar-refractivity contribution in [1.82, 2.24) is 9.55 Å². The van der Waals surface area contributed by atoms with Crippen molar-refractivity contribution in [2.75, 3.05) is 0 Å². The van der Waals surface area contributed by atoms with Crippen molar-refractivity contribution in [3.8, 4) is 0 Å². The average molecular weight is 294 g/mol. The molecular formula is C16H24ClN3. The summed E-state index contributed by atoms with van der Waals surface area (Å²) in [7, 11) is 0. The van der Waals surface area contributed by atoms with Crippen LogP contribution in [0.15, 0.2) is 18.2 Å². The quantitative estimate of drug-likeness (QED) is 0.850. The van der Waals surface area contributed by atoms with E-state index in [0.717, 1.165) is 47.7 Å². The van der Waals surface area contributed by atoms with E-state index in [-0.39, 0.29) is 6.04 Å². The van der Waals surface area contributed by atoms with Gasteiger partial charge < -0.3 is 10.3 Å². The van der Waals surface area contributed by atoms with E-state index in [9.17, 15) is 0 Å². The second-order valence-electron chi connectivity index (χ2n) is 5.84. The Morgan fingerprint density at radius 2 is 2.10 bits per heavy atom. The van der Waals surface area contributed by atoms with Crippen LogP contribution in [0.25, 0.3) is 11.0 Å². The highest BCUT2D eigenvalue weighted by atomic mass is 35.5. The molecule has 0 amide bonds. The monoisotopic (exact) mass is 293 g/mol. The van der Waals surface area contributed by atoms with Crippen LogP contribution in [0.2, 0.25) is 5.02 Å². The summed E-state index contributed by atoms with van der Waals surface area (Å²) in [6, 6.07) is 5.88. The number of hydrogen-bond donors (Lipinski definition) is 1. The molecule has 3 nitrogen and oxygen atoms in total. The minimum Gasteiger partial charge on any atom is -0.327 e. The summed E-state index contributed by atoms with van der Waals surface area (Å²) < 4.78 is 2.27. The maximum atomic E-state index is 6.35. The maximum absolute atomic E-state index is 6.35. The summed E-state index contributed by atoms with van der Waals surface area (Å²) >= 11 is 6.07. The van der Waals surface area contributed by atoms with E-state index < -0.39 is 0 Å². The molecule has 0 saturated heterocycles. The first-order valence-electron chi connectivity index (χ1n) is 7.44. The van der Waals surface area contributed by atoms with Gasteiger partial charge in [-0.25, -0.2) is 4.98 Å². The van der Waals surface area contributed by atoms with E-state index in [0.29, 0.717) is 5.92 Å². The fraction of sp³-hybridized carbons (Fsp3) is 0.562. The van der Waals surface area contributed by atoms with Crippen molar-refractivity contribution in [2.45, 2.75) is 52.6 Å². The molecule has 1 unspecified atom stereocenters. The van der Waals surface area contributed by atoms with Gasteiger partial charge in [-0.05, 0) is 37.0 Å². The molecule has 0 fully saturated rings. The lowest BCUT2D eigenvalue weighted by atomic mass is 10.0. The highest BCUT2D eigenvalue weighted by Gasteiger charge is 2.18. The number of imidazole rings is 1. The van der Waals surface area contributed by atoms with Crippen LogP contribution in [0.4, 0.5) is 0 Å². The fourth-order valence-electron chi connectivity index (χ4n) is 2.57. The lowest BCUT2D eigenvalue weighted by molar-refractivity contribution is 0.472. The van der Waals surface area contributed by atoms with E-state index in [4.69, 9.17) is 22.3 Å². The molecule has 2 aromatic rings. The minimum atomic E-state index is -0.0157. The molecule has 1 aromatic carbocycles. The van der Waals surface area contributed by atoms with Gasteiger partial charge in [-0.3, -0.25) is 0 Å². The van der Waals surface area contributed by atoms with Crippen molar-refractivity contribution in [3.63, 3.8) is 0 Å². The van der Waals surface area contributed by atoms with Gasteiger partial charge in [0.2, 0.25) is 0 Å². The third kappa shape index (κ3) is 3.33. The highest BCUT2D eigenvalue weighted by molar-refractivity contribution is 6.31. The molecular weight excluding hydrogens is 270 g/mol. The number of unbranched alkanes of at least 4 members (excludes halogenated alkanes) is 1. The topological polar surface area (TPSA) is 43.8 Å². The van der Waals surface area contributed by atoms with Crippen LogP contribution in [-0.4, -0.2) is 9.55 Å². The van der Waals surface area contributed by atoms with Crippen LogP contribution in [0.3, 0.4) is 0 Å². The normalized spacial score (nSPS) is 13.3. The molecule has 110 valence electrons. The summed E-state index contributed by atoms with van der Waals surface area (Å²) in [5, 5.41) is 0.724. The van der Waals surface area contributed by atoms with Gasteiger partial charge in [-0.2, -0.15) is 0 Å². The van der Waals surface area contributed by atoms with Crippen molar-refractivity contribution in [3.05, 3.63) is 29.0 Å². The van der Waals surface area contributed by atoms with Crippen LogP contribution in [0, 0.1) is 5.92 Å². The van der Waals surface area contributed by atoms with Crippen LogP contribution in [0.1, 0.15) is 51.9 Å². The summed E-state index contributed by atoms with van der Waals surface area (Å²) in [6.45, 7) is 7.55. The van der Waals surface area contributed by atoms with Crippen molar-refractivity contribution in [2.24, 2.45) is 11.7 Å². The number of hydrogen-bond acceptors (Lipinski definition) is 2. The van der Waals surface area contributed by atoms with Gasteiger partial charge >= 0.3 is 0 Å². The third-order valence-corrected chi connectivity index (χ3v) is 3.77. The first-order valence-corrected chi connectivity index (χ1v) is 7.82. The number of aromatic nitrogens is 2. The molecule has 0 spiro atoms. The molecule has 4 heteroatoms. The smallest absolute Gasteiger partial charge is 0.126 e.